The molecule has 1 heterocycles. The van der Waals surface area contributed by atoms with Crippen molar-refractivity contribution >= 4 is 17.4 Å². The summed E-state index contributed by atoms with van der Waals surface area (Å²) in [5, 5.41) is 3.30. The van der Waals surface area contributed by atoms with Gasteiger partial charge in [0.25, 0.3) is 0 Å². The second kappa shape index (κ2) is 7.57. The third kappa shape index (κ3) is 5.07. The molecule has 1 aromatic rings. The Bertz CT molecular complexity index is 276. The lowest BCUT2D eigenvalue weighted by atomic mass is 10.3. The molecule has 1 rings (SSSR count). The first-order valence-electron chi connectivity index (χ1n) is 5.63. The van der Waals surface area contributed by atoms with Crippen molar-refractivity contribution in [3.05, 3.63) is 24.0 Å². The van der Waals surface area contributed by atoms with Crippen molar-refractivity contribution in [2.75, 3.05) is 17.6 Å². The van der Waals surface area contributed by atoms with E-state index in [9.17, 15) is 0 Å². The van der Waals surface area contributed by atoms with E-state index in [1.165, 1.54) is 30.0 Å². The van der Waals surface area contributed by atoms with Crippen molar-refractivity contribution in [2.24, 2.45) is 0 Å². The fourth-order valence-electron chi connectivity index (χ4n) is 1.29. The van der Waals surface area contributed by atoms with E-state index in [1.54, 1.807) is 0 Å². The Hall–Kier alpha value is -0.700. The minimum atomic E-state index is 0.965. The molecule has 0 spiro atoms. The number of hydrogen-bond donors (Lipinski definition) is 1. The van der Waals surface area contributed by atoms with Crippen LogP contribution in [0.15, 0.2) is 18.3 Å². The molecule has 0 aliphatic rings. The summed E-state index contributed by atoms with van der Waals surface area (Å²) in [6, 6.07) is 4.16. The van der Waals surface area contributed by atoms with Crippen LogP contribution in [0.4, 0.5) is 5.69 Å². The zero-order valence-corrected chi connectivity index (χ0v) is 10.4. The lowest BCUT2D eigenvalue weighted by Crippen LogP contribution is -1.98. The standard InChI is InChI=1S/C12H20N2S/c1-3-5-8-15-10-12-9-11(13-4-2)6-7-14-12/h6-7,9H,3-5,8,10H2,1-2H3,(H,13,14). The van der Waals surface area contributed by atoms with E-state index in [2.05, 4.69) is 30.2 Å². The molecule has 1 N–H and O–H groups in total. The van der Waals surface area contributed by atoms with Crippen molar-refractivity contribution in [1.82, 2.24) is 4.98 Å². The second-order valence-electron chi connectivity index (χ2n) is 3.47. The molecule has 0 bridgehead atoms. The molecule has 0 fully saturated rings. The fourth-order valence-corrected chi connectivity index (χ4v) is 2.30. The van der Waals surface area contributed by atoms with E-state index in [4.69, 9.17) is 0 Å². The highest BCUT2D eigenvalue weighted by atomic mass is 32.2. The highest BCUT2D eigenvalue weighted by Crippen LogP contribution is 2.15. The van der Waals surface area contributed by atoms with E-state index in [0.29, 0.717) is 0 Å². The van der Waals surface area contributed by atoms with Gasteiger partial charge < -0.3 is 5.32 Å². The normalized spacial score (nSPS) is 10.3. The molecule has 15 heavy (non-hydrogen) atoms. The predicted molar refractivity (Wildman–Crippen MR) is 69.5 cm³/mol. The highest BCUT2D eigenvalue weighted by molar-refractivity contribution is 7.98. The number of pyridine rings is 1. The molecule has 0 aliphatic carbocycles. The van der Waals surface area contributed by atoms with Crippen LogP contribution in [0.2, 0.25) is 0 Å². The van der Waals surface area contributed by atoms with Gasteiger partial charge in [0.15, 0.2) is 0 Å². The summed E-state index contributed by atoms with van der Waals surface area (Å²) in [5.41, 5.74) is 2.35. The summed E-state index contributed by atoms with van der Waals surface area (Å²) < 4.78 is 0. The lowest BCUT2D eigenvalue weighted by molar-refractivity contribution is 0.895. The Balaban J connectivity index is 2.36. The Labute approximate surface area is 96.9 Å². The Kier molecular flexibility index (Phi) is 6.25. The summed E-state index contributed by atoms with van der Waals surface area (Å²) in [6.45, 7) is 5.30. The van der Waals surface area contributed by atoms with E-state index < -0.39 is 0 Å². The van der Waals surface area contributed by atoms with Gasteiger partial charge in [-0.2, -0.15) is 11.8 Å². The maximum atomic E-state index is 4.36. The summed E-state index contributed by atoms with van der Waals surface area (Å²) in [4.78, 5) is 4.36. The van der Waals surface area contributed by atoms with Crippen LogP contribution in [0.5, 0.6) is 0 Å². The topological polar surface area (TPSA) is 24.9 Å². The Morgan fingerprint density at radius 2 is 2.27 bits per heavy atom. The van der Waals surface area contributed by atoms with Crippen molar-refractivity contribution in [1.29, 1.82) is 0 Å². The van der Waals surface area contributed by atoms with Gasteiger partial charge in [-0.25, -0.2) is 0 Å². The van der Waals surface area contributed by atoms with Gasteiger partial charge in [-0.15, -0.1) is 0 Å². The number of nitrogens with one attached hydrogen (secondary N) is 1. The molecule has 0 aromatic carbocycles. The molecular weight excluding hydrogens is 204 g/mol. The van der Waals surface area contributed by atoms with Gasteiger partial charge in [0, 0.05) is 24.2 Å². The second-order valence-corrected chi connectivity index (χ2v) is 4.58. The zero-order chi connectivity index (χ0) is 10.9. The van der Waals surface area contributed by atoms with Crippen molar-refractivity contribution in [3.8, 4) is 0 Å². The van der Waals surface area contributed by atoms with E-state index in [1.807, 2.05) is 24.0 Å². The van der Waals surface area contributed by atoms with Gasteiger partial charge in [-0.1, -0.05) is 13.3 Å². The fraction of sp³-hybridized carbons (Fsp3) is 0.583. The molecule has 0 amide bonds. The molecule has 0 atom stereocenters. The Morgan fingerprint density at radius 3 is 3.00 bits per heavy atom. The number of aromatic nitrogens is 1. The zero-order valence-electron chi connectivity index (χ0n) is 9.62. The summed E-state index contributed by atoms with van der Waals surface area (Å²) in [7, 11) is 0. The number of anilines is 1. The SMILES string of the molecule is CCCCSCc1cc(NCC)ccn1. The maximum Gasteiger partial charge on any atom is 0.0523 e. The van der Waals surface area contributed by atoms with Crippen LogP contribution in [0.25, 0.3) is 0 Å². The first-order chi connectivity index (χ1) is 7.36. The molecule has 0 radical (unpaired) electrons. The highest BCUT2D eigenvalue weighted by Gasteiger charge is 1.96. The minimum Gasteiger partial charge on any atom is -0.385 e. The predicted octanol–water partition coefficient (Wildman–Crippen LogP) is 3.55. The van der Waals surface area contributed by atoms with Crippen molar-refractivity contribution < 1.29 is 0 Å². The van der Waals surface area contributed by atoms with Gasteiger partial charge in [0.05, 0.1) is 5.69 Å². The third-order valence-electron chi connectivity index (χ3n) is 2.09. The smallest absolute Gasteiger partial charge is 0.0523 e. The summed E-state index contributed by atoms with van der Waals surface area (Å²) in [6.07, 6.45) is 4.46. The number of thioether (sulfide) groups is 1. The van der Waals surface area contributed by atoms with Crippen molar-refractivity contribution in [3.63, 3.8) is 0 Å². The van der Waals surface area contributed by atoms with Gasteiger partial charge in [0.1, 0.15) is 0 Å². The van der Waals surface area contributed by atoms with Crippen LogP contribution < -0.4 is 5.32 Å². The molecule has 84 valence electrons. The number of nitrogens with zero attached hydrogens (tertiary/aromatic N) is 1. The van der Waals surface area contributed by atoms with Crippen LogP contribution in [0.3, 0.4) is 0 Å². The Morgan fingerprint density at radius 1 is 1.40 bits per heavy atom. The summed E-state index contributed by atoms with van der Waals surface area (Å²) >= 11 is 1.97. The number of hydrogen-bond acceptors (Lipinski definition) is 3. The summed E-state index contributed by atoms with van der Waals surface area (Å²) in [5.74, 6) is 2.27. The molecule has 0 aliphatic heterocycles. The van der Waals surface area contributed by atoms with Crippen LogP contribution in [-0.2, 0) is 5.75 Å². The average Bonchev–Trinajstić information content (AvgIpc) is 2.26. The van der Waals surface area contributed by atoms with Gasteiger partial charge >= 0.3 is 0 Å². The van der Waals surface area contributed by atoms with Gasteiger partial charge in [0.2, 0.25) is 0 Å². The minimum absolute atomic E-state index is 0.965. The molecule has 1 aromatic heterocycles. The largest absolute Gasteiger partial charge is 0.385 e. The molecule has 0 unspecified atom stereocenters. The first-order valence-corrected chi connectivity index (χ1v) is 6.78. The maximum absolute atomic E-state index is 4.36. The molecule has 0 saturated carbocycles. The van der Waals surface area contributed by atoms with Gasteiger partial charge in [-0.3, -0.25) is 4.98 Å². The van der Waals surface area contributed by atoms with Crippen LogP contribution in [-0.4, -0.2) is 17.3 Å². The van der Waals surface area contributed by atoms with E-state index in [-0.39, 0.29) is 0 Å². The average molecular weight is 224 g/mol. The molecule has 0 saturated heterocycles. The van der Waals surface area contributed by atoms with E-state index in [0.717, 1.165) is 12.3 Å². The quantitative estimate of drug-likeness (QED) is 0.717. The first kappa shape index (κ1) is 12.4. The van der Waals surface area contributed by atoms with Crippen LogP contribution in [0.1, 0.15) is 32.4 Å². The van der Waals surface area contributed by atoms with Gasteiger partial charge in [-0.05, 0) is 31.2 Å². The van der Waals surface area contributed by atoms with E-state index >= 15 is 0 Å². The molecule has 3 heteroatoms. The molecular formula is C12H20N2S. The van der Waals surface area contributed by atoms with Crippen LogP contribution in [0, 0.1) is 0 Å². The molecule has 2 nitrogen and oxygen atoms in total. The van der Waals surface area contributed by atoms with Crippen LogP contribution >= 0.6 is 11.8 Å². The number of unbranched alkanes of at least 4 members (excludes halogenated alkanes) is 1. The lowest BCUT2D eigenvalue weighted by Gasteiger charge is -2.05. The number of rotatable bonds is 7. The van der Waals surface area contributed by atoms with Crippen molar-refractivity contribution in [2.45, 2.75) is 32.4 Å². The monoisotopic (exact) mass is 224 g/mol. The third-order valence-corrected chi connectivity index (χ3v) is 3.17.